The molecule has 154 valence electrons. The van der Waals surface area contributed by atoms with Gasteiger partial charge in [-0.05, 0) is 83.7 Å². The molecule has 1 atom stereocenters. The van der Waals surface area contributed by atoms with E-state index in [9.17, 15) is 12.8 Å². The van der Waals surface area contributed by atoms with Crippen molar-refractivity contribution in [1.29, 1.82) is 0 Å². The molecule has 0 spiro atoms. The summed E-state index contributed by atoms with van der Waals surface area (Å²) >= 11 is 3.73. The fraction of sp³-hybridized carbons (Fsp3) is 0.368. The predicted octanol–water partition coefficient (Wildman–Crippen LogP) is 4.13. The minimum absolute atomic E-state index is 0.109. The SMILES string of the molecule is Cc1ccnc2c1nc(Sc1cc3c(cc1I)CCC3F)n2CCCS(N)(=O)=O. The molecule has 2 aromatic heterocycles. The highest BCUT2D eigenvalue weighted by Crippen LogP contribution is 2.41. The van der Waals surface area contributed by atoms with Gasteiger partial charge in [-0.1, -0.05) is 11.8 Å². The van der Waals surface area contributed by atoms with Crippen molar-refractivity contribution < 1.29 is 12.8 Å². The molecular weight excluding hydrogens is 526 g/mol. The van der Waals surface area contributed by atoms with Gasteiger partial charge in [-0.15, -0.1) is 0 Å². The van der Waals surface area contributed by atoms with Crippen molar-refractivity contribution in [3.05, 3.63) is 44.7 Å². The summed E-state index contributed by atoms with van der Waals surface area (Å²) in [7, 11) is -3.53. The van der Waals surface area contributed by atoms with E-state index in [1.54, 1.807) is 6.20 Å². The number of aryl methyl sites for hydroxylation is 3. The van der Waals surface area contributed by atoms with Crippen LogP contribution in [-0.2, 0) is 23.0 Å². The third-order valence-electron chi connectivity index (χ3n) is 5.01. The van der Waals surface area contributed by atoms with Gasteiger partial charge in [0.1, 0.15) is 11.7 Å². The first kappa shape index (κ1) is 21.0. The fourth-order valence-corrected chi connectivity index (χ4v) is 5.91. The standard InChI is InChI=1S/C19H20FIN4O2S2/c1-11-5-6-23-18-17(11)24-19(25(18)7-2-8-29(22,26)27)28-16-10-13-12(9-15(16)21)3-4-14(13)20/h5-6,9-10,14H,2-4,7-8H2,1H3,(H2,22,26,27). The molecule has 0 fully saturated rings. The Morgan fingerprint density at radius 1 is 1.41 bits per heavy atom. The lowest BCUT2D eigenvalue weighted by molar-refractivity contribution is 0.343. The number of hydrogen-bond donors (Lipinski definition) is 1. The molecular formula is C19H20FIN4O2S2. The summed E-state index contributed by atoms with van der Waals surface area (Å²) in [6.45, 7) is 2.39. The van der Waals surface area contributed by atoms with Crippen LogP contribution in [0.25, 0.3) is 11.2 Å². The summed E-state index contributed by atoms with van der Waals surface area (Å²) in [5, 5.41) is 5.86. The monoisotopic (exact) mass is 546 g/mol. The number of hydrogen-bond acceptors (Lipinski definition) is 5. The average Bonchev–Trinajstić information content (AvgIpc) is 3.17. The van der Waals surface area contributed by atoms with Crippen molar-refractivity contribution >= 4 is 55.5 Å². The molecule has 1 unspecified atom stereocenters. The van der Waals surface area contributed by atoms with Crippen LogP contribution in [0.4, 0.5) is 4.39 Å². The maximum Gasteiger partial charge on any atom is 0.209 e. The van der Waals surface area contributed by atoms with Crippen LogP contribution in [0.3, 0.4) is 0 Å². The van der Waals surface area contributed by atoms with Crippen molar-refractivity contribution in [2.45, 2.75) is 49.0 Å². The maximum atomic E-state index is 14.2. The molecule has 2 N–H and O–H groups in total. The number of alkyl halides is 1. The molecule has 10 heteroatoms. The lowest BCUT2D eigenvalue weighted by atomic mass is 10.1. The van der Waals surface area contributed by atoms with Crippen molar-refractivity contribution in [2.24, 2.45) is 5.14 Å². The second kappa shape index (κ2) is 8.12. The molecule has 2 heterocycles. The molecule has 1 aromatic carbocycles. The van der Waals surface area contributed by atoms with E-state index in [0.29, 0.717) is 30.2 Å². The molecule has 6 nitrogen and oxygen atoms in total. The minimum atomic E-state index is -3.53. The summed E-state index contributed by atoms with van der Waals surface area (Å²) in [4.78, 5) is 10.2. The van der Waals surface area contributed by atoms with E-state index in [1.165, 1.54) is 11.8 Å². The fourth-order valence-electron chi connectivity index (χ4n) is 3.55. The number of nitrogens with zero attached hydrogens (tertiary/aromatic N) is 3. The number of fused-ring (bicyclic) bond motifs is 2. The number of nitrogens with two attached hydrogens (primary N) is 1. The van der Waals surface area contributed by atoms with Crippen molar-refractivity contribution in [2.75, 3.05) is 5.75 Å². The van der Waals surface area contributed by atoms with E-state index in [4.69, 9.17) is 10.1 Å². The zero-order chi connectivity index (χ0) is 20.8. The minimum Gasteiger partial charge on any atom is -0.303 e. The predicted molar refractivity (Wildman–Crippen MR) is 120 cm³/mol. The summed E-state index contributed by atoms with van der Waals surface area (Å²) in [6, 6.07) is 5.87. The highest BCUT2D eigenvalue weighted by Gasteiger charge is 2.24. The van der Waals surface area contributed by atoms with Crippen LogP contribution in [0.1, 0.15) is 35.7 Å². The Bertz CT molecular complexity index is 1200. The van der Waals surface area contributed by atoms with Gasteiger partial charge >= 0.3 is 0 Å². The van der Waals surface area contributed by atoms with Crippen molar-refractivity contribution in [3.63, 3.8) is 0 Å². The molecule has 0 amide bonds. The maximum absolute atomic E-state index is 14.2. The van der Waals surface area contributed by atoms with Gasteiger partial charge in [0.25, 0.3) is 0 Å². The van der Waals surface area contributed by atoms with Crippen LogP contribution in [-0.4, -0.2) is 28.7 Å². The first-order chi connectivity index (χ1) is 13.7. The van der Waals surface area contributed by atoms with Crippen LogP contribution in [0.2, 0.25) is 0 Å². The second-order valence-electron chi connectivity index (χ2n) is 7.16. The molecule has 4 rings (SSSR count). The Morgan fingerprint density at radius 2 is 2.21 bits per heavy atom. The van der Waals surface area contributed by atoms with Gasteiger partial charge in [0.2, 0.25) is 10.0 Å². The molecule has 0 saturated carbocycles. The lowest BCUT2D eigenvalue weighted by Crippen LogP contribution is -2.18. The van der Waals surface area contributed by atoms with Crippen molar-refractivity contribution in [3.8, 4) is 0 Å². The number of imidazole rings is 1. The normalized spacial score (nSPS) is 16.5. The van der Waals surface area contributed by atoms with Gasteiger partial charge in [0, 0.05) is 21.2 Å². The average molecular weight is 546 g/mol. The Balaban J connectivity index is 1.72. The molecule has 0 saturated heterocycles. The van der Waals surface area contributed by atoms with Crippen LogP contribution < -0.4 is 5.14 Å². The number of pyridine rings is 1. The highest BCUT2D eigenvalue weighted by molar-refractivity contribution is 14.1. The number of halogens is 2. The second-order valence-corrected chi connectivity index (χ2v) is 11.1. The van der Waals surface area contributed by atoms with E-state index in [1.807, 2.05) is 23.6 Å². The summed E-state index contributed by atoms with van der Waals surface area (Å²) < 4.78 is 39.9. The first-order valence-electron chi connectivity index (χ1n) is 9.19. The van der Waals surface area contributed by atoms with E-state index < -0.39 is 16.2 Å². The molecule has 0 aliphatic heterocycles. The highest BCUT2D eigenvalue weighted by atomic mass is 127. The Labute approximate surface area is 186 Å². The van der Waals surface area contributed by atoms with Gasteiger partial charge in [-0.3, -0.25) is 0 Å². The van der Waals surface area contributed by atoms with Gasteiger partial charge in [0.15, 0.2) is 10.8 Å². The van der Waals surface area contributed by atoms with E-state index >= 15 is 0 Å². The van der Waals surface area contributed by atoms with E-state index in [-0.39, 0.29) is 5.75 Å². The summed E-state index contributed by atoms with van der Waals surface area (Å²) in [5.41, 5.74) is 4.32. The Hall–Kier alpha value is -1.24. The summed E-state index contributed by atoms with van der Waals surface area (Å²) in [5.74, 6) is -0.109. The van der Waals surface area contributed by atoms with Crippen LogP contribution in [0.5, 0.6) is 0 Å². The Kier molecular flexibility index (Phi) is 5.88. The molecule has 0 bridgehead atoms. The topological polar surface area (TPSA) is 90.9 Å². The van der Waals surface area contributed by atoms with E-state index in [0.717, 1.165) is 37.1 Å². The van der Waals surface area contributed by atoms with Gasteiger partial charge in [-0.2, -0.15) is 0 Å². The first-order valence-corrected chi connectivity index (χ1v) is 12.8. The number of sulfonamides is 1. The molecule has 1 aliphatic carbocycles. The summed E-state index contributed by atoms with van der Waals surface area (Å²) in [6.07, 6.45) is 2.47. The van der Waals surface area contributed by atoms with Gasteiger partial charge in [0.05, 0.1) is 5.75 Å². The number of rotatable bonds is 6. The van der Waals surface area contributed by atoms with Crippen LogP contribution in [0, 0.1) is 10.5 Å². The van der Waals surface area contributed by atoms with Gasteiger partial charge < -0.3 is 4.57 Å². The molecule has 1 aliphatic rings. The van der Waals surface area contributed by atoms with Crippen LogP contribution >= 0.6 is 34.4 Å². The molecule has 3 aromatic rings. The number of benzene rings is 1. The van der Waals surface area contributed by atoms with Gasteiger partial charge in [-0.25, -0.2) is 27.9 Å². The van der Waals surface area contributed by atoms with E-state index in [2.05, 4.69) is 33.6 Å². The zero-order valence-electron chi connectivity index (χ0n) is 15.7. The van der Waals surface area contributed by atoms with Crippen molar-refractivity contribution in [1.82, 2.24) is 14.5 Å². The largest absolute Gasteiger partial charge is 0.303 e. The molecule has 29 heavy (non-hydrogen) atoms. The third-order valence-corrected chi connectivity index (χ3v) is 8.18. The lowest BCUT2D eigenvalue weighted by Gasteiger charge is -2.11. The number of aromatic nitrogens is 3. The molecule has 0 radical (unpaired) electrons. The quantitative estimate of drug-likeness (QED) is 0.470. The number of primary sulfonamides is 1. The third kappa shape index (κ3) is 4.44. The zero-order valence-corrected chi connectivity index (χ0v) is 19.5. The Morgan fingerprint density at radius 3 is 2.97 bits per heavy atom. The smallest absolute Gasteiger partial charge is 0.209 e. The van der Waals surface area contributed by atoms with Crippen LogP contribution in [0.15, 0.2) is 34.4 Å².